The van der Waals surface area contributed by atoms with Crippen molar-refractivity contribution >= 4 is 23.7 Å². The third-order valence-electron chi connectivity index (χ3n) is 5.72. The van der Waals surface area contributed by atoms with E-state index < -0.39 is 18.0 Å². The Hall–Kier alpha value is -4.53. The maximum atomic E-state index is 12.7. The second kappa shape index (κ2) is 15.0. The summed E-state index contributed by atoms with van der Waals surface area (Å²) in [5.41, 5.74) is 3.32. The van der Waals surface area contributed by atoms with Crippen molar-refractivity contribution in [1.82, 2.24) is 20.9 Å². The van der Waals surface area contributed by atoms with Gasteiger partial charge in [0, 0.05) is 11.8 Å². The van der Waals surface area contributed by atoms with Crippen LogP contribution in [-0.4, -0.2) is 47.8 Å². The standard InChI is InChI=1S/C30H34N4O5/c1-21(2)15-27(34-30(38)39-20-22-9-4-3-5-10-22)29(37)33-19-25(35)18-32-28(36)17-23-11-8-12-24(16-23)26-13-6-7-14-31-26/h3-14,16,21,27H,15,17-20H2,1-2H3,(H,32,36)(H,33,37)(H,34,38)/t27-/m0/s1. The fourth-order valence-electron chi connectivity index (χ4n) is 3.80. The van der Waals surface area contributed by atoms with Gasteiger partial charge in [-0.2, -0.15) is 0 Å². The molecular formula is C30H34N4O5. The SMILES string of the molecule is CC(C)C[C@H](NC(=O)OCc1ccccc1)C(=O)NCC(=O)CNC(=O)Cc1cccc(-c2ccccn2)c1. The van der Waals surface area contributed by atoms with E-state index in [4.69, 9.17) is 4.74 Å². The summed E-state index contributed by atoms with van der Waals surface area (Å²) >= 11 is 0. The number of aromatic nitrogens is 1. The number of carbonyl (C=O) groups is 4. The summed E-state index contributed by atoms with van der Waals surface area (Å²) in [6, 6.07) is 21.4. The molecule has 3 aromatic rings. The Morgan fingerprint density at radius 3 is 2.28 bits per heavy atom. The zero-order valence-corrected chi connectivity index (χ0v) is 22.2. The van der Waals surface area contributed by atoms with Crippen molar-refractivity contribution in [2.24, 2.45) is 5.92 Å². The van der Waals surface area contributed by atoms with Gasteiger partial charge < -0.3 is 20.7 Å². The molecule has 9 heteroatoms. The van der Waals surface area contributed by atoms with Crippen molar-refractivity contribution in [3.8, 4) is 11.3 Å². The number of ketones is 1. The number of nitrogens with zero attached hydrogens (tertiary/aromatic N) is 1. The van der Waals surface area contributed by atoms with Crippen LogP contribution in [0.25, 0.3) is 11.3 Å². The topological polar surface area (TPSA) is 126 Å². The zero-order chi connectivity index (χ0) is 28.0. The van der Waals surface area contributed by atoms with Crippen molar-refractivity contribution in [1.29, 1.82) is 0 Å². The largest absolute Gasteiger partial charge is 0.445 e. The number of pyridine rings is 1. The molecule has 3 N–H and O–H groups in total. The van der Waals surface area contributed by atoms with Gasteiger partial charge in [-0.25, -0.2) is 4.79 Å². The van der Waals surface area contributed by atoms with Crippen LogP contribution in [-0.2, 0) is 32.1 Å². The minimum absolute atomic E-state index is 0.0777. The first-order chi connectivity index (χ1) is 18.8. The Bertz CT molecular complexity index is 1250. The van der Waals surface area contributed by atoms with Crippen LogP contribution in [0.3, 0.4) is 0 Å². The van der Waals surface area contributed by atoms with E-state index in [1.165, 1.54) is 0 Å². The monoisotopic (exact) mass is 530 g/mol. The van der Waals surface area contributed by atoms with E-state index in [-0.39, 0.29) is 43.7 Å². The summed E-state index contributed by atoms with van der Waals surface area (Å²) in [6.07, 6.45) is 1.46. The maximum Gasteiger partial charge on any atom is 0.408 e. The molecule has 0 aliphatic heterocycles. The molecule has 1 heterocycles. The Labute approximate surface area is 228 Å². The summed E-state index contributed by atoms with van der Waals surface area (Å²) in [4.78, 5) is 54.0. The quantitative estimate of drug-likeness (QED) is 0.311. The van der Waals surface area contributed by atoms with E-state index in [0.717, 1.165) is 22.4 Å². The molecule has 39 heavy (non-hydrogen) atoms. The molecule has 0 aliphatic rings. The van der Waals surface area contributed by atoms with Crippen LogP contribution in [0.15, 0.2) is 79.0 Å². The number of hydrogen-bond donors (Lipinski definition) is 3. The molecule has 0 fully saturated rings. The molecule has 0 spiro atoms. The maximum absolute atomic E-state index is 12.7. The van der Waals surface area contributed by atoms with Gasteiger partial charge in [0.2, 0.25) is 11.8 Å². The molecule has 0 saturated heterocycles. The van der Waals surface area contributed by atoms with Crippen LogP contribution in [0.2, 0.25) is 0 Å². The average molecular weight is 531 g/mol. The van der Waals surface area contributed by atoms with E-state index in [1.807, 2.05) is 86.6 Å². The summed E-state index contributed by atoms with van der Waals surface area (Å²) in [5.74, 6) is -1.06. The Morgan fingerprint density at radius 2 is 1.56 bits per heavy atom. The number of alkyl carbamates (subject to hydrolysis) is 1. The van der Waals surface area contributed by atoms with Crippen molar-refractivity contribution < 1.29 is 23.9 Å². The summed E-state index contributed by atoms with van der Waals surface area (Å²) in [7, 11) is 0. The fourth-order valence-corrected chi connectivity index (χ4v) is 3.80. The van der Waals surface area contributed by atoms with E-state index in [9.17, 15) is 19.2 Å². The van der Waals surface area contributed by atoms with Crippen LogP contribution in [0, 0.1) is 5.92 Å². The van der Waals surface area contributed by atoms with Crippen LogP contribution in [0.1, 0.15) is 31.4 Å². The first kappa shape index (κ1) is 29.0. The van der Waals surface area contributed by atoms with Crippen molar-refractivity contribution in [2.45, 2.75) is 39.3 Å². The van der Waals surface area contributed by atoms with Gasteiger partial charge in [0.25, 0.3) is 0 Å². The molecule has 0 bridgehead atoms. The Morgan fingerprint density at radius 1 is 0.846 bits per heavy atom. The number of benzene rings is 2. The smallest absolute Gasteiger partial charge is 0.408 e. The molecule has 9 nitrogen and oxygen atoms in total. The minimum Gasteiger partial charge on any atom is -0.445 e. The van der Waals surface area contributed by atoms with Crippen LogP contribution >= 0.6 is 0 Å². The third kappa shape index (κ3) is 10.4. The number of rotatable bonds is 13. The molecule has 2 aromatic carbocycles. The molecule has 1 aromatic heterocycles. The molecule has 3 rings (SSSR count). The lowest BCUT2D eigenvalue weighted by molar-refractivity contribution is -0.127. The lowest BCUT2D eigenvalue weighted by Crippen LogP contribution is -2.49. The van der Waals surface area contributed by atoms with E-state index in [1.54, 1.807) is 6.20 Å². The fraction of sp³-hybridized carbons (Fsp3) is 0.300. The summed E-state index contributed by atoms with van der Waals surface area (Å²) in [5, 5.41) is 7.72. The molecule has 0 aliphatic carbocycles. The summed E-state index contributed by atoms with van der Waals surface area (Å²) < 4.78 is 5.21. The average Bonchev–Trinajstić information content (AvgIpc) is 2.94. The normalized spacial score (nSPS) is 11.4. The minimum atomic E-state index is -0.859. The van der Waals surface area contributed by atoms with Crippen LogP contribution < -0.4 is 16.0 Å². The highest BCUT2D eigenvalue weighted by Gasteiger charge is 2.23. The number of ether oxygens (including phenoxy) is 1. The first-order valence-corrected chi connectivity index (χ1v) is 12.8. The lowest BCUT2D eigenvalue weighted by Gasteiger charge is -2.20. The molecular weight excluding hydrogens is 496 g/mol. The number of amides is 3. The van der Waals surface area contributed by atoms with Gasteiger partial charge in [-0.15, -0.1) is 0 Å². The zero-order valence-electron chi connectivity index (χ0n) is 22.2. The number of Topliss-reactive ketones (excluding diaryl/α,β-unsaturated/α-hetero) is 1. The molecule has 1 atom stereocenters. The Balaban J connectivity index is 1.42. The number of carbonyl (C=O) groups excluding carboxylic acids is 4. The van der Waals surface area contributed by atoms with Crippen molar-refractivity contribution in [3.63, 3.8) is 0 Å². The lowest BCUT2D eigenvalue weighted by atomic mass is 10.0. The van der Waals surface area contributed by atoms with Crippen LogP contribution in [0.4, 0.5) is 4.79 Å². The van der Waals surface area contributed by atoms with E-state index in [2.05, 4.69) is 20.9 Å². The molecule has 3 amide bonds. The second-order valence-electron chi connectivity index (χ2n) is 9.51. The van der Waals surface area contributed by atoms with E-state index in [0.29, 0.717) is 6.42 Å². The molecule has 0 unspecified atom stereocenters. The highest BCUT2D eigenvalue weighted by Crippen LogP contribution is 2.18. The van der Waals surface area contributed by atoms with Gasteiger partial charge in [-0.05, 0) is 41.7 Å². The van der Waals surface area contributed by atoms with Crippen molar-refractivity contribution in [3.05, 3.63) is 90.1 Å². The van der Waals surface area contributed by atoms with Crippen molar-refractivity contribution in [2.75, 3.05) is 13.1 Å². The second-order valence-corrected chi connectivity index (χ2v) is 9.51. The number of nitrogens with one attached hydrogen (secondary N) is 3. The van der Waals surface area contributed by atoms with Gasteiger partial charge >= 0.3 is 6.09 Å². The highest BCUT2D eigenvalue weighted by molar-refractivity contribution is 5.92. The predicted octanol–water partition coefficient (Wildman–Crippen LogP) is 3.43. The van der Waals surface area contributed by atoms with Gasteiger partial charge in [0.05, 0.1) is 25.2 Å². The van der Waals surface area contributed by atoms with Crippen LogP contribution in [0.5, 0.6) is 0 Å². The summed E-state index contributed by atoms with van der Waals surface area (Å²) in [6.45, 7) is 3.42. The molecule has 0 radical (unpaired) electrons. The Kier molecular flexibility index (Phi) is 11.2. The van der Waals surface area contributed by atoms with Gasteiger partial charge in [-0.3, -0.25) is 19.4 Å². The molecule has 0 saturated carbocycles. The predicted molar refractivity (Wildman–Crippen MR) is 147 cm³/mol. The van der Waals surface area contributed by atoms with Gasteiger partial charge in [0.1, 0.15) is 12.6 Å². The number of hydrogen-bond acceptors (Lipinski definition) is 6. The van der Waals surface area contributed by atoms with Gasteiger partial charge in [0.15, 0.2) is 5.78 Å². The van der Waals surface area contributed by atoms with Gasteiger partial charge in [-0.1, -0.05) is 68.4 Å². The third-order valence-corrected chi connectivity index (χ3v) is 5.72. The molecule has 204 valence electrons. The highest BCUT2D eigenvalue weighted by atomic mass is 16.5. The first-order valence-electron chi connectivity index (χ1n) is 12.8. The van der Waals surface area contributed by atoms with E-state index >= 15 is 0 Å².